The van der Waals surface area contributed by atoms with Crippen LogP contribution < -0.4 is 19.0 Å². The summed E-state index contributed by atoms with van der Waals surface area (Å²) in [6, 6.07) is 9.29. The Labute approximate surface area is 189 Å². The molecule has 2 aromatic carbocycles. The maximum absolute atomic E-state index is 12.6. The van der Waals surface area contributed by atoms with Crippen molar-refractivity contribution >= 4 is 39.5 Å². The Balaban J connectivity index is 1.99. The summed E-state index contributed by atoms with van der Waals surface area (Å²) in [6.07, 6.45) is 2.96. The Hall–Kier alpha value is -3.59. The average molecular weight is 457 g/mol. The summed E-state index contributed by atoms with van der Waals surface area (Å²) < 4.78 is 23.4. The van der Waals surface area contributed by atoms with Crippen molar-refractivity contribution in [3.8, 4) is 17.2 Å². The van der Waals surface area contributed by atoms with Gasteiger partial charge in [0, 0.05) is 6.08 Å². The molecule has 3 aromatic rings. The Morgan fingerprint density at radius 3 is 2.31 bits per heavy atom. The van der Waals surface area contributed by atoms with Gasteiger partial charge in [-0.1, -0.05) is 17.4 Å². The normalized spacial score (nSPS) is 11.7. The minimum atomic E-state index is -0.472. The van der Waals surface area contributed by atoms with Gasteiger partial charge in [-0.15, -0.1) is 0 Å². The number of hydrogen-bond donors (Lipinski definition) is 0. The second-order valence-corrected chi connectivity index (χ2v) is 7.77. The zero-order valence-electron chi connectivity index (χ0n) is 18.5. The molecule has 1 amide bonds. The molecule has 168 valence electrons. The van der Waals surface area contributed by atoms with Crippen molar-refractivity contribution in [1.82, 2.24) is 4.57 Å². The fourth-order valence-corrected chi connectivity index (χ4v) is 4.24. The lowest BCUT2D eigenvalue weighted by molar-refractivity contribution is -0.141. The van der Waals surface area contributed by atoms with Crippen LogP contribution in [-0.2, 0) is 20.9 Å². The minimum absolute atomic E-state index is 0.0394. The largest absolute Gasteiger partial charge is 0.493 e. The van der Waals surface area contributed by atoms with E-state index >= 15 is 0 Å². The third kappa shape index (κ3) is 5.00. The van der Waals surface area contributed by atoms with E-state index < -0.39 is 11.9 Å². The maximum Gasteiger partial charge on any atom is 0.325 e. The molecule has 0 aliphatic heterocycles. The van der Waals surface area contributed by atoms with E-state index in [4.69, 9.17) is 18.9 Å². The SMILES string of the molecule is COC(=O)Cn1c(=NC(=O)/C=C\c2cc(OC)c(OC)c(OC)c2)sc2cc(C)ccc21. The lowest BCUT2D eigenvalue weighted by Gasteiger charge is -2.12. The van der Waals surface area contributed by atoms with E-state index in [1.807, 2.05) is 25.1 Å². The first-order valence-electron chi connectivity index (χ1n) is 9.63. The van der Waals surface area contributed by atoms with Gasteiger partial charge in [0.1, 0.15) is 6.54 Å². The van der Waals surface area contributed by atoms with E-state index in [1.165, 1.54) is 45.9 Å². The molecule has 1 heterocycles. The van der Waals surface area contributed by atoms with Crippen LogP contribution in [0, 0.1) is 6.92 Å². The minimum Gasteiger partial charge on any atom is -0.493 e. The summed E-state index contributed by atoms with van der Waals surface area (Å²) in [4.78, 5) is 29.1. The number of amides is 1. The molecule has 0 saturated heterocycles. The van der Waals surface area contributed by atoms with E-state index in [0.29, 0.717) is 27.6 Å². The number of methoxy groups -OCH3 is 4. The van der Waals surface area contributed by atoms with Gasteiger partial charge < -0.3 is 23.5 Å². The summed E-state index contributed by atoms with van der Waals surface area (Å²) in [6.45, 7) is 1.94. The molecule has 1 aromatic heterocycles. The van der Waals surface area contributed by atoms with Crippen molar-refractivity contribution in [2.45, 2.75) is 13.5 Å². The first-order chi connectivity index (χ1) is 15.4. The van der Waals surface area contributed by atoms with Gasteiger partial charge in [0.2, 0.25) is 5.75 Å². The quantitative estimate of drug-likeness (QED) is 0.400. The molecule has 0 radical (unpaired) electrons. The molecule has 0 spiro atoms. The fraction of sp³-hybridized carbons (Fsp3) is 0.261. The highest BCUT2D eigenvalue weighted by molar-refractivity contribution is 7.16. The Bertz CT molecular complexity index is 1230. The molecule has 0 atom stereocenters. The Kier molecular flexibility index (Phi) is 7.32. The molecule has 3 rings (SSSR count). The average Bonchev–Trinajstić information content (AvgIpc) is 3.12. The van der Waals surface area contributed by atoms with Gasteiger partial charge >= 0.3 is 5.97 Å². The predicted octanol–water partition coefficient (Wildman–Crippen LogP) is 3.35. The predicted molar refractivity (Wildman–Crippen MR) is 122 cm³/mol. The van der Waals surface area contributed by atoms with Crippen LogP contribution in [0.3, 0.4) is 0 Å². The third-order valence-electron chi connectivity index (χ3n) is 4.66. The molecule has 0 saturated carbocycles. The van der Waals surface area contributed by atoms with E-state index in [2.05, 4.69) is 4.99 Å². The van der Waals surface area contributed by atoms with Crippen molar-refractivity contribution in [3.05, 3.63) is 52.3 Å². The van der Waals surface area contributed by atoms with Crippen LogP contribution in [0.15, 0.2) is 41.4 Å². The molecule has 0 unspecified atom stereocenters. The summed E-state index contributed by atoms with van der Waals surface area (Å²) in [5.74, 6) is 0.527. The Morgan fingerprint density at radius 1 is 1.03 bits per heavy atom. The molecule has 0 aliphatic rings. The standard InChI is InChI=1S/C23H24N2O6S/c1-14-6-8-16-19(10-14)32-23(25(16)13-21(27)30-4)24-20(26)9-7-15-11-17(28-2)22(31-5)18(12-15)29-3/h6-12H,13H2,1-5H3/b9-7-,24-23?. The van der Waals surface area contributed by atoms with Gasteiger partial charge in [-0.3, -0.25) is 9.59 Å². The number of aryl methyl sites for hydroxylation is 1. The fourth-order valence-electron chi connectivity index (χ4n) is 3.11. The summed E-state index contributed by atoms with van der Waals surface area (Å²) in [5, 5.41) is 0. The van der Waals surface area contributed by atoms with Gasteiger partial charge in [0.25, 0.3) is 5.91 Å². The summed E-state index contributed by atoms with van der Waals surface area (Å²) >= 11 is 1.33. The number of ether oxygens (including phenoxy) is 4. The van der Waals surface area contributed by atoms with E-state index in [9.17, 15) is 9.59 Å². The van der Waals surface area contributed by atoms with Gasteiger partial charge in [-0.2, -0.15) is 4.99 Å². The highest BCUT2D eigenvalue weighted by Crippen LogP contribution is 2.38. The van der Waals surface area contributed by atoms with Crippen LogP contribution >= 0.6 is 11.3 Å². The van der Waals surface area contributed by atoms with Crippen molar-refractivity contribution in [3.63, 3.8) is 0 Å². The number of hydrogen-bond acceptors (Lipinski definition) is 7. The second-order valence-electron chi connectivity index (χ2n) is 6.76. The van der Waals surface area contributed by atoms with Crippen LogP contribution in [0.2, 0.25) is 0 Å². The molecule has 8 nitrogen and oxygen atoms in total. The smallest absolute Gasteiger partial charge is 0.325 e. The lowest BCUT2D eigenvalue weighted by atomic mass is 10.1. The van der Waals surface area contributed by atoms with Crippen molar-refractivity contribution in [2.24, 2.45) is 4.99 Å². The summed E-state index contributed by atoms with van der Waals surface area (Å²) in [5.41, 5.74) is 2.56. The van der Waals surface area contributed by atoms with Crippen LogP contribution in [0.25, 0.3) is 16.3 Å². The number of benzene rings is 2. The van der Waals surface area contributed by atoms with Gasteiger partial charge in [0.05, 0.1) is 38.7 Å². The first-order valence-corrected chi connectivity index (χ1v) is 10.5. The van der Waals surface area contributed by atoms with E-state index in [1.54, 1.807) is 22.8 Å². The van der Waals surface area contributed by atoms with Crippen LogP contribution in [0.4, 0.5) is 0 Å². The number of fused-ring (bicyclic) bond motifs is 1. The second kappa shape index (κ2) is 10.1. The van der Waals surface area contributed by atoms with Gasteiger partial charge in [0.15, 0.2) is 16.3 Å². The molecule has 32 heavy (non-hydrogen) atoms. The Morgan fingerprint density at radius 2 is 1.72 bits per heavy atom. The number of rotatable bonds is 7. The van der Waals surface area contributed by atoms with E-state index in [-0.39, 0.29) is 6.54 Å². The molecule has 0 bridgehead atoms. The number of thiazole rings is 1. The van der Waals surface area contributed by atoms with Crippen molar-refractivity contribution < 1.29 is 28.5 Å². The number of carbonyl (C=O) groups excluding carboxylic acids is 2. The topological polar surface area (TPSA) is 88.4 Å². The zero-order valence-corrected chi connectivity index (χ0v) is 19.3. The van der Waals surface area contributed by atoms with Crippen molar-refractivity contribution in [2.75, 3.05) is 28.4 Å². The summed E-state index contributed by atoms with van der Waals surface area (Å²) in [7, 11) is 5.89. The number of aromatic nitrogens is 1. The number of carbonyl (C=O) groups is 2. The zero-order chi connectivity index (χ0) is 23.3. The van der Waals surface area contributed by atoms with Gasteiger partial charge in [-0.05, 0) is 48.4 Å². The van der Waals surface area contributed by atoms with Crippen LogP contribution in [0.1, 0.15) is 11.1 Å². The third-order valence-corrected chi connectivity index (χ3v) is 5.71. The molecular weight excluding hydrogens is 432 g/mol. The van der Waals surface area contributed by atoms with Gasteiger partial charge in [-0.25, -0.2) is 0 Å². The molecule has 0 fully saturated rings. The van der Waals surface area contributed by atoms with Crippen LogP contribution in [0.5, 0.6) is 17.2 Å². The molecule has 0 N–H and O–H groups in total. The van der Waals surface area contributed by atoms with Crippen molar-refractivity contribution in [1.29, 1.82) is 0 Å². The number of esters is 1. The number of nitrogens with zero attached hydrogens (tertiary/aromatic N) is 2. The monoisotopic (exact) mass is 456 g/mol. The molecular formula is C23H24N2O6S. The maximum atomic E-state index is 12.6. The highest BCUT2D eigenvalue weighted by atomic mass is 32.1. The van der Waals surface area contributed by atoms with Crippen LogP contribution in [-0.4, -0.2) is 44.9 Å². The highest BCUT2D eigenvalue weighted by Gasteiger charge is 2.13. The first kappa shape index (κ1) is 23.1. The lowest BCUT2D eigenvalue weighted by Crippen LogP contribution is -2.22. The molecule has 0 aliphatic carbocycles. The molecule has 9 heteroatoms. The van der Waals surface area contributed by atoms with E-state index in [0.717, 1.165) is 15.8 Å².